The minimum atomic E-state index is -0.857. The van der Waals surface area contributed by atoms with E-state index < -0.39 is 5.97 Å². The number of nitrogens with zero attached hydrogens (tertiary/aromatic N) is 4. The maximum absolute atomic E-state index is 10.5. The van der Waals surface area contributed by atoms with Crippen LogP contribution in [0.2, 0.25) is 0 Å². The van der Waals surface area contributed by atoms with Gasteiger partial charge in [0.05, 0.1) is 12.6 Å². The van der Waals surface area contributed by atoms with E-state index >= 15 is 0 Å². The number of hydrogen-bond donors (Lipinski definition) is 1. The Morgan fingerprint density at radius 1 is 1.60 bits per heavy atom. The van der Waals surface area contributed by atoms with Crippen LogP contribution >= 0.6 is 11.3 Å². The molecule has 2 aromatic rings. The van der Waals surface area contributed by atoms with Crippen LogP contribution in [0.5, 0.6) is 0 Å². The van der Waals surface area contributed by atoms with Gasteiger partial charge in [0, 0.05) is 18.1 Å². The Bertz CT molecular complexity index is 490. The molecular weight excluding hydrogens is 216 g/mol. The van der Waals surface area contributed by atoms with Crippen molar-refractivity contribution >= 4 is 17.3 Å². The summed E-state index contributed by atoms with van der Waals surface area (Å²) in [6, 6.07) is 0. The van der Waals surface area contributed by atoms with Gasteiger partial charge >= 0.3 is 5.97 Å². The van der Waals surface area contributed by atoms with E-state index in [2.05, 4.69) is 15.2 Å². The Kier molecular flexibility index (Phi) is 2.46. The molecule has 15 heavy (non-hydrogen) atoms. The Balaban J connectivity index is 2.23. The average Bonchev–Trinajstić information content (AvgIpc) is 2.72. The van der Waals surface area contributed by atoms with Crippen LogP contribution in [0, 0.1) is 0 Å². The van der Waals surface area contributed by atoms with Crippen molar-refractivity contribution in [3.8, 4) is 10.7 Å². The highest BCUT2D eigenvalue weighted by atomic mass is 32.1. The van der Waals surface area contributed by atoms with Crippen LogP contribution in [-0.4, -0.2) is 31.1 Å². The van der Waals surface area contributed by atoms with E-state index in [-0.39, 0.29) is 6.42 Å². The van der Waals surface area contributed by atoms with Gasteiger partial charge in [0.1, 0.15) is 10.7 Å². The minimum absolute atomic E-state index is 0.00205. The molecule has 2 rings (SSSR count). The second kappa shape index (κ2) is 3.77. The van der Waals surface area contributed by atoms with Crippen LogP contribution in [0.3, 0.4) is 0 Å². The van der Waals surface area contributed by atoms with Gasteiger partial charge in [-0.2, -0.15) is 15.0 Å². The van der Waals surface area contributed by atoms with Crippen molar-refractivity contribution in [3.05, 3.63) is 17.3 Å². The zero-order chi connectivity index (χ0) is 10.8. The lowest BCUT2D eigenvalue weighted by molar-refractivity contribution is -0.136. The fourth-order valence-corrected chi connectivity index (χ4v) is 1.95. The first-order chi connectivity index (χ1) is 7.15. The first-order valence-corrected chi connectivity index (χ1v) is 5.00. The molecule has 78 valence electrons. The van der Waals surface area contributed by atoms with Gasteiger partial charge in [-0.05, 0) is 0 Å². The number of aryl methyl sites for hydroxylation is 1. The molecule has 2 heterocycles. The molecule has 1 N–H and O–H groups in total. The van der Waals surface area contributed by atoms with E-state index in [1.54, 1.807) is 19.4 Å². The first-order valence-electron chi connectivity index (χ1n) is 4.18. The number of rotatable bonds is 3. The molecule has 0 bridgehead atoms. The summed E-state index contributed by atoms with van der Waals surface area (Å²) in [6.45, 7) is 0. The zero-order valence-electron chi connectivity index (χ0n) is 7.91. The van der Waals surface area contributed by atoms with E-state index in [0.29, 0.717) is 15.6 Å². The van der Waals surface area contributed by atoms with Gasteiger partial charge in [-0.3, -0.25) is 4.79 Å². The molecule has 0 amide bonds. The van der Waals surface area contributed by atoms with Crippen molar-refractivity contribution in [2.24, 2.45) is 7.05 Å². The summed E-state index contributed by atoms with van der Waals surface area (Å²) >= 11 is 1.32. The smallest absolute Gasteiger partial charge is 0.308 e. The molecule has 2 aromatic heterocycles. The number of aliphatic carboxylic acids is 1. The third-order valence-electron chi connectivity index (χ3n) is 1.70. The quantitative estimate of drug-likeness (QED) is 0.824. The summed E-state index contributed by atoms with van der Waals surface area (Å²) < 4.78 is 0. The van der Waals surface area contributed by atoms with Crippen molar-refractivity contribution in [3.63, 3.8) is 0 Å². The van der Waals surface area contributed by atoms with Crippen LogP contribution in [0.1, 0.15) is 4.88 Å². The standard InChI is InChI=1S/C8H8N4O2S/c1-12-10-4-6(11-12)8-9-3-5(15-8)2-7(13)14/h3-4H,2H2,1H3,(H,13,14). The van der Waals surface area contributed by atoms with Crippen LogP contribution in [0.25, 0.3) is 10.7 Å². The molecule has 0 radical (unpaired) electrons. The van der Waals surface area contributed by atoms with Gasteiger partial charge in [0.15, 0.2) is 0 Å². The number of carboxylic acid groups (broad SMARTS) is 1. The third kappa shape index (κ3) is 2.18. The summed E-state index contributed by atoms with van der Waals surface area (Å²) in [6.07, 6.45) is 3.16. The van der Waals surface area contributed by atoms with Gasteiger partial charge < -0.3 is 5.11 Å². The number of hydrogen-bond acceptors (Lipinski definition) is 5. The molecule has 0 aliphatic rings. The Morgan fingerprint density at radius 3 is 3.00 bits per heavy atom. The average molecular weight is 224 g/mol. The molecule has 0 aliphatic carbocycles. The SMILES string of the molecule is Cn1ncc(-c2ncc(CC(=O)O)s2)n1. The summed E-state index contributed by atoms with van der Waals surface area (Å²) in [5.74, 6) is -0.857. The van der Waals surface area contributed by atoms with Crippen molar-refractivity contribution in [2.45, 2.75) is 6.42 Å². The molecule has 0 saturated carbocycles. The monoisotopic (exact) mass is 224 g/mol. The highest BCUT2D eigenvalue weighted by Crippen LogP contribution is 2.22. The number of carbonyl (C=O) groups is 1. The van der Waals surface area contributed by atoms with Crippen molar-refractivity contribution in [1.29, 1.82) is 0 Å². The maximum atomic E-state index is 10.5. The minimum Gasteiger partial charge on any atom is -0.481 e. The molecule has 0 spiro atoms. The summed E-state index contributed by atoms with van der Waals surface area (Å²) in [7, 11) is 1.72. The molecule has 6 nitrogen and oxygen atoms in total. The Morgan fingerprint density at radius 2 is 2.40 bits per heavy atom. The van der Waals surface area contributed by atoms with Gasteiger partial charge in [-0.25, -0.2) is 4.98 Å². The predicted molar refractivity (Wildman–Crippen MR) is 53.5 cm³/mol. The third-order valence-corrected chi connectivity index (χ3v) is 2.72. The summed E-state index contributed by atoms with van der Waals surface area (Å²) in [5, 5.41) is 17.3. The Hall–Kier alpha value is -1.76. The number of thiazole rings is 1. The molecule has 0 saturated heterocycles. The molecule has 0 atom stereocenters. The van der Waals surface area contributed by atoms with E-state index in [4.69, 9.17) is 5.11 Å². The van der Waals surface area contributed by atoms with Crippen LogP contribution < -0.4 is 0 Å². The number of aromatic nitrogens is 4. The van der Waals surface area contributed by atoms with Crippen LogP contribution in [0.4, 0.5) is 0 Å². The maximum Gasteiger partial charge on any atom is 0.308 e. The van der Waals surface area contributed by atoms with Gasteiger partial charge in [-0.15, -0.1) is 11.3 Å². The van der Waals surface area contributed by atoms with Crippen LogP contribution in [-0.2, 0) is 18.3 Å². The summed E-state index contributed by atoms with van der Waals surface area (Å²) in [4.78, 5) is 16.7. The highest BCUT2D eigenvalue weighted by molar-refractivity contribution is 7.15. The van der Waals surface area contributed by atoms with Crippen molar-refractivity contribution in [1.82, 2.24) is 20.0 Å². The normalized spacial score (nSPS) is 10.5. The summed E-state index contributed by atoms with van der Waals surface area (Å²) in [5.41, 5.74) is 0.666. The highest BCUT2D eigenvalue weighted by Gasteiger charge is 2.09. The van der Waals surface area contributed by atoms with E-state index in [9.17, 15) is 4.79 Å². The van der Waals surface area contributed by atoms with Gasteiger partial charge in [-0.1, -0.05) is 0 Å². The Labute approximate surface area is 89.2 Å². The lowest BCUT2D eigenvalue weighted by Gasteiger charge is -1.87. The van der Waals surface area contributed by atoms with Crippen molar-refractivity contribution < 1.29 is 9.90 Å². The van der Waals surface area contributed by atoms with Crippen LogP contribution in [0.15, 0.2) is 12.4 Å². The van der Waals surface area contributed by atoms with Gasteiger partial charge in [0.25, 0.3) is 0 Å². The molecule has 7 heteroatoms. The lowest BCUT2D eigenvalue weighted by atomic mass is 10.4. The second-order valence-electron chi connectivity index (χ2n) is 2.92. The van der Waals surface area contributed by atoms with Crippen molar-refractivity contribution in [2.75, 3.05) is 0 Å². The first kappa shape index (κ1) is 9.78. The zero-order valence-corrected chi connectivity index (χ0v) is 8.73. The largest absolute Gasteiger partial charge is 0.481 e. The molecule has 0 aliphatic heterocycles. The number of carboxylic acids is 1. The van der Waals surface area contributed by atoms with E-state index in [1.807, 2.05) is 0 Å². The molecular formula is C8H8N4O2S. The lowest BCUT2D eigenvalue weighted by Crippen LogP contribution is -1.97. The molecule has 0 unspecified atom stereocenters. The van der Waals surface area contributed by atoms with Gasteiger partial charge in [0.2, 0.25) is 0 Å². The molecule has 0 fully saturated rings. The second-order valence-corrected chi connectivity index (χ2v) is 4.04. The fourth-order valence-electron chi connectivity index (χ4n) is 1.10. The van der Waals surface area contributed by atoms with E-state index in [1.165, 1.54) is 16.1 Å². The topological polar surface area (TPSA) is 80.9 Å². The fraction of sp³-hybridized carbons (Fsp3) is 0.250. The molecule has 0 aromatic carbocycles. The predicted octanol–water partition coefficient (Wildman–Crippen LogP) is 0.566. The van der Waals surface area contributed by atoms with E-state index in [0.717, 1.165) is 0 Å².